The molecule has 0 saturated carbocycles. The number of nitrogens with zero attached hydrogens (tertiary/aromatic N) is 2. The van der Waals surface area contributed by atoms with E-state index in [1.807, 2.05) is 61.5 Å². The standard InChI is InChI=1S/C26H23ClN2O4/c1-15-4-6-16(7-5-15)25(30)26-29-21(19-13-18(27)9-11-22(19)33-26)14-20(28-29)17-8-10-23(31-2)24(12-17)32-3/h4-13,21,26H,14H2,1-3H3/t21-,26+/m0/s1. The average molecular weight is 463 g/mol. The number of ether oxygens (including phenoxy) is 3. The number of hydrogen-bond donors (Lipinski definition) is 0. The first-order chi connectivity index (χ1) is 16.0. The Hall–Kier alpha value is -3.51. The van der Waals surface area contributed by atoms with Crippen molar-refractivity contribution in [2.45, 2.75) is 25.6 Å². The number of methoxy groups -OCH3 is 2. The highest BCUT2D eigenvalue weighted by Crippen LogP contribution is 2.45. The van der Waals surface area contributed by atoms with E-state index in [1.54, 1.807) is 25.3 Å². The van der Waals surface area contributed by atoms with Gasteiger partial charge in [-0.2, -0.15) is 5.10 Å². The number of hydrogen-bond acceptors (Lipinski definition) is 6. The van der Waals surface area contributed by atoms with Crippen molar-refractivity contribution >= 4 is 23.1 Å². The fourth-order valence-electron chi connectivity index (χ4n) is 4.28. The summed E-state index contributed by atoms with van der Waals surface area (Å²) in [7, 11) is 3.20. The van der Waals surface area contributed by atoms with E-state index < -0.39 is 6.23 Å². The number of aryl methyl sites for hydroxylation is 1. The number of fused-ring (bicyclic) bond motifs is 3. The predicted octanol–water partition coefficient (Wildman–Crippen LogP) is 5.42. The van der Waals surface area contributed by atoms with Crippen molar-refractivity contribution in [3.05, 3.63) is 87.9 Å². The number of ketones is 1. The molecule has 0 amide bonds. The molecule has 5 rings (SSSR count). The second-order valence-corrected chi connectivity index (χ2v) is 8.54. The highest BCUT2D eigenvalue weighted by Gasteiger charge is 2.43. The molecule has 7 heteroatoms. The molecule has 2 heterocycles. The van der Waals surface area contributed by atoms with Gasteiger partial charge in [-0.25, -0.2) is 5.01 Å². The molecule has 3 aromatic rings. The van der Waals surface area contributed by atoms with Gasteiger partial charge in [0, 0.05) is 28.1 Å². The fourth-order valence-corrected chi connectivity index (χ4v) is 4.46. The monoisotopic (exact) mass is 462 g/mol. The summed E-state index contributed by atoms with van der Waals surface area (Å²) >= 11 is 6.29. The smallest absolute Gasteiger partial charge is 0.251 e. The second kappa shape index (κ2) is 8.45. The Bertz CT molecular complexity index is 1260. The van der Waals surface area contributed by atoms with Gasteiger partial charge >= 0.3 is 0 Å². The maximum atomic E-state index is 13.5. The van der Waals surface area contributed by atoms with Gasteiger partial charge in [0.15, 0.2) is 11.5 Å². The molecule has 0 bridgehead atoms. The van der Waals surface area contributed by atoms with Crippen LogP contribution in [0.25, 0.3) is 0 Å². The van der Waals surface area contributed by atoms with Crippen molar-refractivity contribution in [2.24, 2.45) is 5.10 Å². The third-order valence-electron chi connectivity index (χ3n) is 6.03. The molecule has 2 aliphatic heterocycles. The number of Topliss-reactive ketones (excluding diaryl/α,β-unsaturated/α-hetero) is 1. The van der Waals surface area contributed by atoms with Crippen LogP contribution in [0.4, 0.5) is 0 Å². The largest absolute Gasteiger partial charge is 0.493 e. The Balaban J connectivity index is 1.56. The van der Waals surface area contributed by atoms with Crippen molar-refractivity contribution in [3.8, 4) is 17.2 Å². The third kappa shape index (κ3) is 3.80. The van der Waals surface area contributed by atoms with Crippen LogP contribution in [0, 0.1) is 6.92 Å². The van der Waals surface area contributed by atoms with Gasteiger partial charge < -0.3 is 14.2 Å². The minimum Gasteiger partial charge on any atom is -0.493 e. The molecular formula is C26H23ClN2O4. The number of carbonyl (C=O) groups is 1. The van der Waals surface area contributed by atoms with Crippen LogP contribution < -0.4 is 14.2 Å². The first kappa shape index (κ1) is 21.3. The normalized spacial score (nSPS) is 18.7. The fraction of sp³-hybridized carbons (Fsp3) is 0.231. The average Bonchev–Trinajstić information content (AvgIpc) is 3.29. The SMILES string of the molecule is COc1ccc(C2=NN3[C@@H](C(=O)c4ccc(C)cc4)Oc4ccc(Cl)cc4[C@@H]3C2)cc1OC. The second-order valence-electron chi connectivity index (χ2n) is 8.10. The highest BCUT2D eigenvalue weighted by atomic mass is 35.5. The maximum absolute atomic E-state index is 13.5. The van der Waals surface area contributed by atoms with Gasteiger partial charge in [-0.15, -0.1) is 0 Å². The lowest BCUT2D eigenvalue weighted by Gasteiger charge is -2.37. The van der Waals surface area contributed by atoms with Gasteiger partial charge in [0.2, 0.25) is 5.78 Å². The van der Waals surface area contributed by atoms with E-state index in [9.17, 15) is 4.79 Å². The zero-order valence-electron chi connectivity index (χ0n) is 18.5. The number of hydrazone groups is 1. The van der Waals surface area contributed by atoms with Crippen LogP contribution in [0.1, 0.15) is 39.5 Å². The summed E-state index contributed by atoms with van der Waals surface area (Å²) in [6, 6.07) is 18.5. The Labute approximate surface area is 197 Å². The number of rotatable bonds is 5. The summed E-state index contributed by atoms with van der Waals surface area (Å²) in [5.74, 6) is 1.77. The summed E-state index contributed by atoms with van der Waals surface area (Å²) in [4.78, 5) is 13.5. The first-order valence-electron chi connectivity index (χ1n) is 10.6. The molecule has 0 saturated heterocycles. The molecule has 0 N–H and O–H groups in total. The maximum Gasteiger partial charge on any atom is 0.251 e. The molecule has 6 nitrogen and oxygen atoms in total. The Morgan fingerprint density at radius 3 is 2.52 bits per heavy atom. The van der Waals surface area contributed by atoms with Crippen LogP contribution in [-0.2, 0) is 0 Å². The Morgan fingerprint density at radius 2 is 1.79 bits per heavy atom. The quantitative estimate of drug-likeness (QED) is 0.474. The molecule has 0 fully saturated rings. The van der Waals surface area contributed by atoms with E-state index in [1.165, 1.54) is 0 Å². The zero-order valence-corrected chi connectivity index (χ0v) is 19.3. The van der Waals surface area contributed by atoms with Gasteiger partial charge in [-0.3, -0.25) is 4.79 Å². The van der Waals surface area contributed by atoms with Crippen LogP contribution in [0.15, 0.2) is 65.8 Å². The molecule has 168 valence electrons. The lowest BCUT2D eigenvalue weighted by molar-refractivity contribution is -0.00455. The summed E-state index contributed by atoms with van der Waals surface area (Å²) in [5.41, 5.74) is 4.31. The molecule has 2 atom stereocenters. The molecule has 3 aromatic carbocycles. The van der Waals surface area contributed by atoms with E-state index in [-0.39, 0.29) is 11.8 Å². The van der Waals surface area contributed by atoms with E-state index in [0.29, 0.717) is 34.3 Å². The van der Waals surface area contributed by atoms with Crippen LogP contribution >= 0.6 is 11.6 Å². The summed E-state index contributed by atoms with van der Waals surface area (Å²) in [6.07, 6.45) is -0.270. The summed E-state index contributed by atoms with van der Waals surface area (Å²) in [5, 5.41) is 7.22. The van der Waals surface area contributed by atoms with Gasteiger partial charge in [0.1, 0.15) is 5.75 Å². The summed E-state index contributed by atoms with van der Waals surface area (Å²) in [6.45, 7) is 1.99. The molecular weight excluding hydrogens is 440 g/mol. The minimum absolute atomic E-state index is 0.141. The van der Waals surface area contributed by atoms with Crippen LogP contribution in [0.3, 0.4) is 0 Å². The van der Waals surface area contributed by atoms with E-state index in [4.69, 9.17) is 30.9 Å². The Morgan fingerprint density at radius 1 is 1.03 bits per heavy atom. The van der Waals surface area contributed by atoms with Crippen LogP contribution in [0.2, 0.25) is 5.02 Å². The van der Waals surface area contributed by atoms with Crippen molar-refractivity contribution < 1.29 is 19.0 Å². The lowest BCUT2D eigenvalue weighted by atomic mass is 9.95. The molecule has 0 unspecified atom stereocenters. The Kier molecular flexibility index (Phi) is 5.46. The number of carbonyl (C=O) groups excluding carboxylic acids is 1. The third-order valence-corrected chi connectivity index (χ3v) is 6.26. The van der Waals surface area contributed by atoms with Crippen molar-refractivity contribution in [2.75, 3.05) is 14.2 Å². The van der Waals surface area contributed by atoms with Gasteiger partial charge in [0.25, 0.3) is 6.23 Å². The van der Waals surface area contributed by atoms with Crippen LogP contribution in [-0.4, -0.2) is 37.0 Å². The van der Waals surface area contributed by atoms with E-state index >= 15 is 0 Å². The summed E-state index contributed by atoms with van der Waals surface area (Å²) < 4.78 is 17.0. The first-order valence-corrected chi connectivity index (χ1v) is 11.0. The molecule has 2 aliphatic rings. The highest BCUT2D eigenvalue weighted by molar-refractivity contribution is 6.30. The molecule has 0 aromatic heterocycles. The predicted molar refractivity (Wildman–Crippen MR) is 127 cm³/mol. The van der Waals surface area contributed by atoms with Gasteiger partial charge in [-0.05, 0) is 43.3 Å². The van der Waals surface area contributed by atoms with E-state index in [2.05, 4.69) is 0 Å². The van der Waals surface area contributed by atoms with Crippen molar-refractivity contribution in [1.82, 2.24) is 5.01 Å². The zero-order chi connectivity index (χ0) is 23.1. The van der Waals surface area contributed by atoms with Crippen molar-refractivity contribution in [3.63, 3.8) is 0 Å². The topological polar surface area (TPSA) is 60.4 Å². The molecule has 0 spiro atoms. The van der Waals surface area contributed by atoms with Gasteiger partial charge in [0.05, 0.1) is 26.0 Å². The molecule has 0 radical (unpaired) electrons. The molecule has 33 heavy (non-hydrogen) atoms. The molecule has 0 aliphatic carbocycles. The number of halogens is 1. The van der Waals surface area contributed by atoms with Gasteiger partial charge in [-0.1, -0.05) is 41.4 Å². The lowest BCUT2D eigenvalue weighted by Crippen LogP contribution is -2.45. The minimum atomic E-state index is -0.871. The van der Waals surface area contributed by atoms with Crippen LogP contribution in [0.5, 0.6) is 17.2 Å². The number of benzene rings is 3. The van der Waals surface area contributed by atoms with E-state index in [0.717, 1.165) is 22.4 Å². The van der Waals surface area contributed by atoms with Crippen molar-refractivity contribution in [1.29, 1.82) is 0 Å².